The molecule has 0 aliphatic carbocycles. The lowest BCUT2D eigenvalue weighted by atomic mass is 10.0. The van der Waals surface area contributed by atoms with Crippen LogP contribution in [0, 0.1) is 0 Å². The Morgan fingerprint density at radius 3 is 2.29 bits per heavy atom. The van der Waals surface area contributed by atoms with E-state index in [1.165, 1.54) is 0 Å². The highest BCUT2D eigenvalue weighted by Crippen LogP contribution is 2.26. The zero-order valence-corrected chi connectivity index (χ0v) is 16.6. The van der Waals surface area contributed by atoms with Crippen molar-refractivity contribution in [2.75, 3.05) is 25.1 Å². The minimum atomic E-state index is -0.499. The van der Waals surface area contributed by atoms with E-state index in [-0.39, 0.29) is 31.5 Å². The Kier molecular flexibility index (Phi) is 8.34. The molecule has 6 heteroatoms. The van der Waals surface area contributed by atoms with E-state index >= 15 is 0 Å². The van der Waals surface area contributed by atoms with Crippen LogP contribution in [0.15, 0.2) is 48.5 Å². The molecule has 2 aromatic carbocycles. The summed E-state index contributed by atoms with van der Waals surface area (Å²) in [6.45, 7) is 6.32. The number of carbonyl (C=O) groups is 2. The third kappa shape index (κ3) is 6.61. The second kappa shape index (κ2) is 11.0. The van der Waals surface area contributed by atoms with Crippen LogP contribution in [0.25, 0.3) is 0 Å². The number of anilines is 1. The molecule has 0 spiro atoms. The maximum absolute atomic E-state index is 12.1. The monoisotopic (exact) mass is 385 g/mol. The van der Waals surface area contributed by atoms with Crippen LogP contribution in [0.4, 0.5) is 5.69 Å². The van der Waals surface area contributed by atoms with Gasteiger partial charge in [0.2, 0.25) is 0 Å². The summed E-state index contributed by atoms with van der Waals surface area (Å²) in [5.74, 6) is 0.600. The van der Waals surface area contributed by atoms with Gasteiger partial charge in [-0.05, 0) is 36.6 Å². The molecular weight excluding hydrogens is 358 g/mol. The molecule has 0 fully saturated rings. The molecule has 0 heterocycles. The van der Waals surface area contributed by atoms with E-state index in [2.05, 4.69) is 19.2 Å². The van der Waals surface area contributed by atoms with Crippen LogP contribution < -0.4 is 14.8 Å². The normalized spacial score (nSPS) is 10.4. The highest BCUT2D eigenvalue weighted by molar-refractivity contribution is 5.93. The molecule has 0 saturated carbocycles. The number of nitrogens with one attached hydrogen (secondary N) is 1. The summed E-state index contributed by atoms with van der Waals surface area (Å²) in [4.78, 5) is 23.9. The first-order valence-electron chi connectivity index (χ1n) is 9.40. The molecule has 0 aromatic heterocycles. The van der Waals surface area contributed by atoms with Crippen molar-refractivity contribution in [3.05, 3.63) is 54.1 Å². The molecule has 1 N–H and O–H groups in total. The van der Waals surface area contributed by atoms with Gasteiger partial charge in [0.1, 0.15) is 0 Å². The SMILES string of the molecule is CCOc1ccccc1OCCC(=O)OCC(=O)Nc1ccccc1C(C)C. The topological polar surface area (TPSA) is 73.9 Å². The third-order valence-electron chi connectivity index (χ3n) is 3.93. The van der Waals surface area contributed by atoms with Gasteiger partial charge in [0.25, 0.3) is 5.91 Å². The molecule has 0 atom stereocenters. The first-order valence-corrected chi connectivity index (χ1v) is 9.40. The van der Waals surface area contributed by atoms with Gasteiger partial charge >= 0.3 is 5.97 Å². The molecule has 0 unspecified atom stereocenters. The van der Waals surface area contributed by atoms with E-state index in [0.717, 1.165) is 11.3 Å². The molecule has 0 radical (unpaired) electrons. The summed E-state index contributed by atoms with van der Waals surface area (Å²) >= 11 is 0. The molecule has 0 bridgehead atoms. The van der Waals surface area contributed by atoms with E-state index in [9.17, 15) is 9.59 Å². The largest absolute Gasteiger partial charge is 0.490 e. The number of benzene rings is 2. The number of esters is 1. The van der Waals surface area contributed by atoms with Gasteiger partial charge in [-0.15, -0.1) is 0 Å². The first-order chi connectivity index (χ1) is 13.5. The van der Waals surface area contributed by atoms with E-state index in [1.54, 1.807) is 12.1 Å². The Balaban J connectivity index is 1.75. The van der Waals surface area contributed by atoms with Crippen LogP contribution in [0.1, 0.15) is 38.7 Å². The maximum atomic E-state index is 12.1. The fourth-order valence-corrected chi connectivity index (χ4v) is 2.61. The lowest BCUT2D eigenvalue weighted by molar-refractivity contribution is -0.147. The van der Waals surface area contributed by atoms with Gasteiger partial charge in [-0.3, -0.25) is 9.59 Å². The van der Waals surface area contributed by atoms with Crippen LogP contribution in [-0.4, -0.2) is 31.7 Å². The predicted molar refractivity (Wildman–Crippen MR) is 108 cm³/mol. The molecule has 2 aromatic rings. The fourth-order valence-electron chi connectivity index (χ4n) is 2.61. The quantitative estimate of drug-likeness (QED) is 0.622. The molecule has 0 aliphatic rings. The van der Waals surface area contributed by atoms with Crippen molar-refractivity contribution < 1.29 is 23.8 Å². The van der Waals surface area contributed by atoms with Crippen LogP contribution in [0.2, 0.25) is 0 Å². The molecule has 150 valence electrons. The lowest BCUT2D eigenvalue weighted by Crippen LogP contribution is -2.22. The smallest absolute Gasteiger partial charge is 0.309 e. The zero-order valence-electron chi connectivity index (χ0n) is 16.6. The summed E-state index contributed by atoms with van der Waals surface area (Å²) < 4.78 is 16.1. The van der Waals surface area contributed by atoms with Crippen molar-refractivity contribution in [3.63, 3.8) is 0 Å². The van der Waals surface area contributed by atoms with Crippen LogP contribution >= 0.6 is 0 Å². The molecule has 1 amide bonds. The molecule has 0 saturated heterocycles. The maximum Gasteiger partial charge on any atom is 0.309 e. The van der Waals surface area contributed by atoms with E-state index in [4.69, 9.17) is 14.2 Å². The van der Waals surface area contributed by atoms with Crippen molar-refractivity contribution in [2.24, 2.45) is 0 Å². The minimum Gasteiger partial charge on any atom is -0.490 e. The lowest BCUT2D eigenvalue weighted by Gasteiger charge is -2.14. The number of amides is 1. The number of rotatable bonds is 10. The highest BCUT2D eigenvalue weighted by atomic mass is 16.5. The highest BCUT2D eigenvalue weighted by Gasteiger charge is 2.12. The van der Waals surface area contributed by atoms with Crippen molar-refractivity contribution >= 4 is 17.6 Å². The van der Waals surface area contributed by atoms with Gasteiger partial charge in [0.05, 0.1) is 19.6 Å². The minimum absolute atomic E-state index is 0.0380. The van der Waals surface area contributed by atoms with Crippen LogP contribution in [0.5, 0.6) is 11.5 Å². The second-order valence-corrected chi connectivity index (χ2v) is 6.43. The van der Waals surface area contributed by atoms with Gasteiger partial charge in [-0.2, -0.15) is 0 Å². The average molecular weight is 385 g/mol. The fraction of sp³-hybridized carbons (Fsp3) is 0.364. The Morgan fingerprint density at radius 1 is 0.964 bits per heavy atom. The Hall–Kier alpha value is -3.02. The predicted octanol–water partition coefficient (Wildman–Crippen LogP) is 4.16. The Bertz CT molecular complexity index is 788. The summed E-state index contributed by atoms with van der Waals surface area (Å²) in [5, 5.41) is 2.79. The van der Waals surface area contributed by atoms with Gasteiger partial charge in [-0.1, -0.05) is 44.2 Å². The molecule has 28 heavy (non-hydrogen) atoms. The van der Waals surface area contributed by atoms with Crippen molar-refractivity contribution in [2.45, 2.75) is 33.1 Å². The van der Waals surface area contributed by atoms with Gasteiger partial charge < -0.3 is 19.5 Å². The van der Waals surface area contributed by atoms with Crippen LogP contribution in [-0.2, 0) is 14.3 Å². The van der Waals surface area contributed by atoms with E-state index in [1.807, 2.05) is 43.3 Å². The first kappa shape index (κ1) is 21.3. The standard InChI is InChI=1S/C22H27NO5/c1-4-26-19-11-7-8-12-20(19)27-14-13-22(25)28-15-21(24)23-18-10-6-5-9-17(18)16(2)3/h5-12,16H,4,13-15H2,1-3H3,(H,23,24). The summed E-state index contributed by atoms with van der Waals surface area (Å²) in [6, 6.07) is 14.8. The number of carbonyl (C=O) groups excluding carboxylic acids is 2. The molecular formula is C22H27NO5. The average Bonchev–Trinajstić information content (AvgIpc) is 2.68. The van der Waals surface area contributed by atoms with Crippen molar-refractivity contribution in [1.29, 1.82) is 0 Å². The number of hydrogen-bond donors (Lipinski definition) is 1. The van der Waals surface area contributed by atoms with Crippen molar-refractivity contribution in [1.82, 2.24) is 0 Å². The summed E-state index contributed by atoms with van der Waals surface area (Å²) in [5.41, 5.74) is 1.76. The number of hydrogen-bond acceptors (Lipinski definition) is 5. The van der Waals surface area contributed by atoms with Gasteiger partial charge in [-0.25, -0.2) is 0 Å². The summed E-state index contributed by atoms with van der Waals surface area (Å²) in [6.07, 6.45) is 0.0380. The Labute approximate surface area is 165 Å². The molecule has 0 aliphatic heterocycles. The zero-order chi connectivity index (χ0) is 20.4. The number of ether oxygens (including phenoxy) is 3. The molecule has 6 nitrogen and oxygen atoms in total. The van der Waals surface area contributed by atoms with Crippen LogP contribution in [0.3, 0.4) is 0 Å². The van der Waals surface area contributed by atoms with Gasteiger partial charge in [0.15, 0.2) is 18.1 Å². The Morgan fingerprint density at radius 2 is 1.61 bits per heavy atom. The van der Waals surface area contributed by atoms with Gasteiger partial charge in [0, 0.05) is 5.69 Å². The summed E-state index contributed by atoms with van der Waals surface area (Å²) in [7, 11) is 0. The van der Waals surface area contributed by atoms with Crippen molar-refractivity contribution in [3.8, 4) is 11.5 Å². The third-order valence-corrected chi connectivity index (χ3v) is 3.93. The van der Waals surface area contributed by atoms with E-state index in [0.29, 0.717) is 18.1 Å². The van der Waals surface area contributed by atoms with E-state index < -0.39 is 5.97 Å². The number of para-hydroxylation sites is 3. The second-order valence-electron chi connectivity index (χ2n) is 6.43. The molecule has 2 rings (SSSR count).